The molecule has 7 nitrogen and oxygen atoms in total. The Balaban J connectivity index is 2.21. The first-order valence-corrected chi connectivity index (χ1v) is 11.7. The van der Waals surface area contributed by atoms with Gasteiger partial charge in [0.25, 0.3) is 0 Å². The Labute approximate surface area is 208 Å². The van der Waals surface area contributed by atoms with Gasteiger partial charge in [0.1, 0.15) is 5.60 Å². The van der Waals surface area contributed by atoms with Crippen LogP contribution in [-0.2, 0) is 25.4 Å². The number of carbonyl (C=O) groups is 1. The molecule has 0 unspecified atom stereocenters. The minimum atomic E-state index is -0.719. The van der Waals surface area contributed by atoms with Crippen LogP contribution >= 0.6 is 0 Å². The number of nitriles is 1. The first-order chi connectivity index (χ1) is 16.2. The Kier molecular flexibility index (Phi) is 7.38. The summed E-state index contributed by atoms with van der Waals surface area (Å²) >= 11 is 0. The molecular formula is C27H35BN2O5. The highest BCUT2D eigenvalue weighted by Crippen LogP contribution is 2.38. The molecule has 3 rings (SSSR count). The van der Waals surface area contributed by atoms with E-state index in [1.807, 2.05) is 64.1 Å². The van der Waals surface area contributed by atoms with Crippen LogP contribution in [0.25, 0.3) is 10.8 Å². The summed E-state index contributed by atoms with van der Waals surface area (Å²) in [4.78, 5) is 14.8. The lowest BCUT2D eigenvalue weighted by molar-refractivity contribution is 0.00578. The fourth-order valence-electron chi connectivity index (χ4n) is 3.86. The molecule has 1 fully saturated rings. The number of ether oxygens (including phenoxy) is 2. The van der Waals surface area contributed by atoms with Gasteiger partial charge in [0.2, 0.25) is 0 Å². The maximum Gasteiger partial charge on any atom is 0.494 e. The number of rotatable bonds is 6. The third kappa shape index (κ3) is 5.70. The first kappa shape index (κ1) is 26.7. The van der Waals surface area contributed by atoms with Gasteiger partial charge in [-0.1, -0.05) is 36.9 Å². The van der Waals surface area contributed by atoms with Crippen molar-refractivity contribution in [3.05, 3.63) is 48.0 Å². The van der Waals surface area contributed by atoms with Crippen molar-refractivity contribution in [2.45, 2.75) is 71.9 Å². The molecule has 0 aromatic heterocycles. The summed E-state index contributed by atoms with van der Waals surface area (Å²) in [6.07, 6.45) is -0.570. The summed E-state index contributed by atoms with van der Waals surface area (Å²) in [6, 6.07) is 11.9. The molecule has 0 aliphatic carbocycles. The van der Waals surface area contributed by atoms with Gasteiger partial charge in [0, 0.05) is 23.6 Å². The SMILES string of the molecule is C=C(C#N)CN(C(=O)OC(C)(C)C)c1c(COC)ccc2ccc(B3OC(C)(C)C(C)(C)O3)cc12. The lowest BCUT2D eigenvalue weighted by Crippen LogP contribution is -2.41. The van der Waals surface area contributed by atoms with Crippen LogP contribution in [-0.4, -0.2) is 43.7 Å². The van der Waals surface area contributed by atoms with Crippen molar-refractivity contribution >= 4 is 35.1 Å². The van der Waals surface area contributed by atoms with Crippen molar-refractivity contribution in [2.24, 2.45) is 0 Å². The first-order valence-electron chi connectivity index (χ1n) is 11.7. The van der Waals surface area contributed by atoms with E-state index in [9.17, 15) is 10.1 Å². The Hall–Kier alpha value is -2.86. The van der Waals surface area contributed by atoms with Crippen molar-refractivity contribution in [2.75, 3.05) is 18.6 Å². The fourth-order valence-corrected chi connectivity index (χ4v) is 3.86. The molecule has 2 aromatic carbocycles. The van der Waals surface area contributed by atoms with Gasteiger partial charge in [0.15, 0.2) is 0 Å². The molecule has 0 saturated carbocycles. The Morgan fingerprint density at radius 2 is 1.74 bits per heavy atom. The highest BCUT2D eigenvalue weighted by atomic mass is 16.7. The molecule has 1 heterocycles. The number of fused-ring (bicyclic) bond motifs is 1. The number of benzene rings is 2. The van der Waals surface area contributed by atoms with Crippen molar-refractivity contribution < 1.29 is 23.6 Å². The highest BCUT2D eigenvalue weighted by molar-refractivity contribution is 6.62. The van der Waals surface area contributed by atoms with Crippen molar-refractivity contribution in [1.29, 1.82) is 5.26 Å². The van der Waals surface area contributed by atoms with Gasteiger partial charge in [-0.3, -0.25) is 4.90 Å². The maximum absolute atomic E-state index is 13.4. The van der Waals surface area contributed by atoms with E-state index < -0.39 is 30.0 Å². The predicted molar refractivity (Wildman–Crippen MR) is 139 cm³/mol. The highest BCUT2D eigenvalue weighted by Gasteiger charge is 2.51. The van der Waals surface area contributed by atoms with Gasteiger partial charge < -0.3 is 18.8 Å². The van der Waals surface area contributed by atoms with E-state index in [2.05, 4.69) is 6.58 Å². The van der Waals surface area contributed by atoms with Gasteiger partial charge in [0.05, 0.1) is 36.1 Å². The van der Waals surface area contributed by atoms with Crippen molar-refractivity contribution in [3.63, 3.8) is 0 Å². The fraction of sp³-hybridized carbons (Fsp3) is 0.481. The third-order valence-corrected chi connectivity index (χ3v) is 6.32. The molecule has 1 amide bonds. The molecule has 0 radical (unpaired) electrons. The van der Waals surface area contributed by atoms with Gasteiger partial charge in [-0.15, -0.1) is 0 Å². The van der Waals surface area contributed by atoms with Crippen LogP contribution in [0.15, 0.2) is 42.5 Å². The molecule has 0 spiro atoms. The summed E-state index contributed by atoms with van der Waals surface area (Å²) in [6.45, 7) is 17.5. The van der Waals surface area contributed by atoms with E-state index >= 15 is 0 Å². The molecular weight excluding hydrogens is 443 g/mol. The zero-order valence-electron chi connectivity index (χ0n) is 22.0. The summed E-state index contributed by atoms with van der Waals surface area (Å²) in [7, 11) is 1.04. The van der Waals surface area contributed by atoms with Crippen LogP contribution < -0.4 is 10.4 Å². The summed E-state index contributed by atoms with van der Waals surface area (Å²) < 4.78 is 23.7. The molecule has 8 heteroatoms. The molecule has 0 atom stereocenters. The van der Waals surface area contributed by atoms with Crippen LogP contribution in [0.2, 0.25) is 0 Å². The summed E-state index contributed by atoms with van der Waals surface area (Å²) in [5, 5.41) is 11.1. The Bertz CT molecular complexity index is 1160. The third-order valence-electron chi connectivity index (χ3n) is 6.32. The average Bonchev–Trinajstić information content (AvgIpc) is 2.97. The number of methoxy groups -OCH3 is 1. The van der Waals surface area contributed by atoms with Gasteiger partial charge >= 0.3 is 13.2 Å². The average molecular weight is 478 g/mol. The molecule has 2 aromatic rings. The number of nitrogens with zero attached hydrogens (tertiary/aromatic N) is 2. The topological polar surface area (TPSA) is 81.0 Å². The van der Waals surface area contributed by atoms with E-state index in [0.717, 1.165) is 21.8 Å². The minimum Gasteiger partial charge on any atom is -0.443 e. The van der Waals surface area contributed by atoms with E-state index in [-0.39, 0.29) is 18.7 Å². The lowest BCUT2D eigenvalue weighted by Gasteiger charge is -2.32. The van der Waals surface area contributed by atoms with E-state index in [0.29, 0.717) is 5.69 Å². The monoisotopic (exact) mass is 478 g/mol. The van der Waals surface area contributed by atoms with Crippen LogP contribution in [0.4, 0.5) is 10.5 Å². The standard InChI is InChI=1S/C27H35BN2O5/c1-18(15-29)16-30(24(31)33-25(2,3)4)23-20(17-32-9)11-10-19-12-13-21(14-22(19)23)28-34-26(5,6)27(7,8)35-28/h10-14H,1,16-17H2,2-9H3. The lowest BCUT2D eigenvalue weighted by atomic mass is 9.78. The Morgan fingerprint density at radius 1 is 1.14 bits per heavy atom. The van der Waals surface area contributed by atoms with Crippen molar-refractivity contribution in [1.82, 2.24) is 0 Å². The van der Waals surface area contributed by atoms with E-state index in [4.69, 9.17) is 18.8 Å². The minimum absolute atomic E-state index is 0.0119. The molecule has 1 saturated heterocycles. The number of hydrogen-bond acceptors (Lipinski definition) is 6. The second kappa shape index (κ2) is 9.65. The Morgan fingerprint density at radius 3 is 2.29 bits per heavy atom. The smallest absolute Gasteiger partial charge is 0.443 e. The molecule has 0 bridgehead atoms. The maximum atomic E-state index is 13.4. The zero-order chi connectivity index (χ0) is 26.2. The van der Waals surface area contributed by atoms with Crippen LogP contribution in [0, 0.1) is 11.3 Å². The van der Waals surface area contributed by atoms with Crippen molar-refractivity contribution in [3.8, 4) is 6.07 Å². The van der Waals surface area contributed by atoms with Gasteiger partial charge in [-0.25, -0.2) is 4.79 Å². The largest absolute Gasteiger partial charge is 0.494 e. The normalized spacial score (nSPS) is 16.7. The van der Waals surface area contributed by atoms with E-state index in [1.165, 1.54) is 4.90 Å². The second-order valence-corrected chi connectivity index (χ2v) is 10.9. The summed E-state index contributed by atoms with van der Waals surface area (Å²) in [5.41, 5.74) is 0.758. The molecule has 35 heavy (non-hydrogen) atoms. The molecule has 1 aliphatic heterocycles. The molecule has 1 aliphatic rings. The molecule has 186 valence electrons. The predicted octanol–water partition coefficient (Wildman–Crippen LogP) is 5.11. The number of amides is 1. The van der Waals surface area contributed by atoms with Gasteiger partial charge in [-0.05, 0) is 59.3 Å². The number of anilines is 1. The van der Waals surface area contributed by atoms with E-state index in [1.54, 1.807) is 27.9 Å². The summed E-state index contributed by atoms with van der Waals surface area (Å²) in [5.74, 6) is 0. The quantitative estimate of drug-likeness (QED) is 0.424. The zero-order valence-corrected chi connectivity index (χ0v) is 22.0. The second-order valence-electron chi connectivity index (χ2n) is 10.9. The number of carbonyl (C=O) groups excluding carboxylic acids is 1. The number of hydrogen-bond donors (Lipinski definition) is 0. The van der Waals surface area contributed by atoms with Gasteiger partial charge in [-0.2, -0.15) is 5.26 Å². The van der Waals surface area contributed by atoms with Crippen LogP contribution in [0.5, 0.6) is 0 Å². The van der Waals surface area contributed by atoms with Crippen LogP contribution in [0.1, 0.15) is 54.0 Å². The van der Waals surface area contributed by atoms with Crippen LogP contribution in [0.3, 0.4) is 0 Å². The molecule has 0 N–H and O–H groups in total.